The van der Waals surface area contributed by atoms with E-state index in [-0.39, 0.29) is 24.8 Å². The van der Waals surface area contributed by atoms with Gasteiger partial charge in [-0.1, -0.05) is 96.5 Å². The number of carbonyl (C=O) groups excluding carboxylic acids is 1. The highest BCUT2D eigenvalue weighted by Gasteiger charge is 2.37. The lowest BCUT2D eigenvalue weighted by Crippen LogP contribution is -2.46. The minimum absolute atomic E-state index is 0.00499. The minimum Gasteiger partial charge on any atom is -0.392 e. The molecule has 0 saturated carbocycles. The molecule has 9 heteroatoms. The zero-order valence-electron chi connectivity index (χ0n) is 27.3. The fraction of sp³-hybridized carbons (Fsp3) is 0.359. The molecular weight excluding hydrogens is 626 g/mol. The standard InChI is InChI=1S/C39H44ClN3O5/c1-2-41-38(45)42-24-31-5-3-4-6-35(31)28-11-13-30(14-12-28)37-47-34(23-36(48-37)29-9-7-27(26-44)8-10-29)25-43-21-19-39(46,20-22-43)32-15-17-33(40)18-16-32/h3-18,34,36-37,44,46H,2,19-26H2,1H3,(H2,41,42,45)/t34-,36+,37+/m0/s1. The maximum absolute atomic E-state index is 12.0. The van der Waals surface area contributed by atoms with E-state index < -0.39 is 11.9 Å². The van der Waals surface area contributed by atoms with Gasteiger partial charge in [0.1, 0.15) is 0 Å². The second-order valence-corrected chi connectivity index (χ2v) is 13.1. The second-order valence-electron chi connectivity index (χ2n) is 12.7. The van der Waals surface area contributed by atoms with Crippen LogP contribution in [0, 0.1) is 0 Å². The maximum Gasteiger partial charge on any atom is 0.315 e. The predicted octanol–water partition coefficient (Wildman–Crippen LogP) is 6.85. The third-order valence-electron chi connectivity index (χ3n) is 9.43. The summed E-state index contributed by atoms with van der Waals surface area (Å²) in [5.74, 6) is 0. The molecular formula is C39H44ClN3O5. The average Bonchev–Trinajstić information content (AvgIpc) is 3.12. The minimum atomic E-state index is -0.866. The first-order chi connectivity index (χ1) is 23.3. The number of amides is 2. The first-order valence-electron chi connectivity index (χ1n) is 16.7. The first kappa shape index (κ1) is 34.1. The number of aliphatic hydroxyl groups excluding tert-OH is 1. The lowest BCUT2D eigenvalue weighted by atomic mass is 9.84. The molecule has 4 N–H and O–H groups in total. The zero-order valence-corrected chi connectivity index (χ0v) is 28.0. The first-order valence-corrected chi connectivity index (χ1v) is 17.1. The predicted molar refractivity (Wildman–Crippen MR) is 187 cm³/mol. The van der Waals surface area contributed by atoms with Gasteiger partial charge in [-0.2, -0.15) is 0 Å². The molecule has 3 atom stereocenters. The van der Waals surface area contributed by atoms with Crippen LogP contribution in [0.1, 0.15) is 66.4 Å². The molecule has 0 aromatic heterocycles. The summed E-state index contributed by atoms with van der Waals surface area (Å²) in [6, 6.07) is 31.6. The fourth-order valence-electron chi connectivity index (χ4n) is 6.65. The SMILES string of the molecule is CCNC(=O)NCc1ccccc1-c1ccc([C@@H]2O[C@H](CN3CCC(O)(c4ccc(Cl)cc4)CC3)C[C@H](c3ccc(CO)cc3)O2)cc1. The lowest BCUT2D eigenvalue weighted by Gasteiger charge is -2.42. The summed E-state index contributed by atoms with van der Waals surface area (Å²) in [4.78, 5) is 14.4. The van der Waals surface area contributed by atoms with Gasteiger partial charge in [0.25, 0.3) is 0 Å². The molecule has 0 radical (unpaired) electrons. The quantitative estimate of drug-likeness (QED) is 0.147. The van der Waals surface area contributed by atoms with Crippen molar-refractivity contribution in [1.29, 1.82) is 0 Å². The highest BCUT2D eigenvalue weighted by Crippen LogP contribution is 2.40. The Morgan fingerprint density at radius 2 is 1.58 bits per heavy atom. The molecule has 48 heavy (non-hydrogen) atoms. The van der Waals surface area contributed by atoms with E-state index in [1.165, 1.54) is 0 Å². The summed E-state index contributed by atoms with van der Waals surface area (Å²) < 4.78 is 13.2. The van der Waals surface area contributed by atoms with Gasteiger partial charge < -0.3 is 35.2 Å². The van der Waals surface area contributed by atoms with Crippen LogP contribution in [0.25, 0.3) is 11.1 Å². The van der Waals surface area contributed by atoms with E-state index in [0.29, 0.717) is 37.4 Å². The summed E-state index contributed by atoms with van der Waals surface area (Å²) in [5, 5.41) is 27.4. The van der Waals surface area contributed by atoms with Crippen LogP contribution >= 0.6 is 11.6 Å². The van der Waals surface area contributed by atoms with Gasteiger partial charge in [-0.05, 0) is 65.3 Å². The van der Waals surface area contributed by atoms with E-state index in [9.17, 15) is 15.0 Å². The number of aliphatic hydroxyl groups is 2. The van der Waals surface area contributed by atoms with Crippen molar-refractivity contribution >= 4 is 17.6 Å². The summed E-state index contributed by atoms with van der Waals surface area (Å²) >= 11 is 6.09. The number of hydrogen-bond donors (Lipinski definition) is 4. The molecule has 6 rings (SSSR count). The van der Waals surface area contributed by atoms with Gasteiger partial charge in [-0.15, -0.1) is 0 Å². The summed E-state index contributed by atoms with van der Waals surface area (Å²) in [5.41, 5.74) is 5.99. The van der Waals surface area contributed by atoms with Crippen LogP contribution < -0.4 is 10.6 Å². The molecule has 2 saturated heterocycles. The van der Waals surface area contributed by atoms with Crippen LogP contribution in [0.5, 0.6) is 0 Å². The monoisotopic (exact) mass is 669 g/mol. The number of carbonyl (C=O) groups is 1. The molecule has 0 unspecified atom stereocenters. The second kappa shape index (κ2) is 15.6. The van der Waals surface area contributed by atoms with Crippen molar-refractivity contribution in [2.45, 2.75) is 63.4 Å². The van der Waals surface area contributed by atoms with Crippen LogP contribution in [0.3, 0.4) is 0 Å². The van der Waals surface area contributed by atoms with Crippen molar-refractivity contribution < 1.29 is 24.5 Å². The largest absolute Gasteiger partial charge is 0.392 e. The summed E-state index contributed by atoms with van der Waals surface area (Å²) in [7, 11) is 0. The number of rotatable bonds is 10. The van der Waals surface area contributed by atoms with Crippen molar-refractivity contribution in [3.63, 3.8) is 0 Å². The Balaban J connectivity index is 1.17. The Hall–Kier alpha value is -3.76. The number of likely N-dealkylation sites (tertiary alicyclic amines) is 1. The Labute approximate surface area is 287 Å². The van der Waals surface area contributed by atoms with Crippen LogP contribution in [0.4, 0.5) is 4.79 Å². The van der Waals surface area contributed by atoms with E-state index in [2.05, 4.69) is 45.9 Å². The summed E-state index contributed by atoms with van der Waals surface area (Å²) in [6.45, 7) is 5.11. The normalized spacial score (nSPS) is 21.0. The van der Waals surface area contributed by atoms with E-state index >= 15 is 0 Å². The number of hydrogen-bond acceptors (Lipinski definition) is 6. The molecule has 2 aliphatic rings. The van der Waals surface area contributed by atoms with Gasteiger partial charge in [0.2, 0.25) is 0 Å². The maximum atomic E-state index is 12.0. The van der Waals surface area contributed by atoms with Crippen molar-refractivity contribution in [3.8, 4) is 11.1 Å². The number of urea groups is 1. The van der Waals surface area contributed by atoms with E-state index in [0.717, 1.165) is 58.6 Å². The fourth-order valence-corrected chi connectivity index (χ4v) is 6.78. The van der Waals surface area contributed by atoms with Gasteiger partial charge in [0.05, 0.1) is 24.4 Å². The molecule has 4 aromatic carbocycles. The third kappa shape index (κ3) is 8.26. The van der Waals surface area contributed by atoms with Crippen LogP contribution in [-0.4, -0.2) is 53.4 Å². The van der Waals surface area contributed by atoms with Gasteiger partial charge >= 0.3 is 6.03 Å². The zero-order chi connectivity index (χ0) is 33.5. The molecule has 252 valence electrons. The van der Waals surface area contributed by atoms with E-state index in [1.807, 2.05) is 73.7 Å². The third-order valence-corrected chi connectivity index (χ3v) is 9.68. The highest BCUT2D eigenvalue weighted by molar-refractivity contribution is 6.30. The van der Waals surface area contributed by atoms with Crippen LogP contribution in [0.2, 0.25) is 5.02 Å². The number of piperidine rings is 1. The molecule has 8 nitrogen and oxygen atoms in total. The Bertz CT molecular complexity index is 1640. The smallest absolute Gasteiger partial charge is 0.315 e. The molecule has 2 amide bonds. The van der Waals surface area contributed by atoms with Gasteiger partial charge in [0, 0.05) is 49.7 Å². The van der Waals surface area contributed by atoms with Crippen molar-refractivity contribution in [1.82, 2.24) is 15.5 Å². The lowest BCUT2D eigenvalue weighted by molar-refractivity contribution is -0.253. The molecule has 0 bridgehead atoms. The topological polar surface area (TPSA) is 103 Å². The van der Waals surface area contributed by atoms with Crippen molar-refractivity contribution in [3.05, 3.63) is 130 Å². The van der Waals surface area contributed by atoms with Gasteiger partial charge in [-0.3, -0.25) is 0 Å². The highest BCUT2D eigenvalue weighted by atomic mass is 35.5. The number of nitrogens with one attached hydrogen (secondary N) is 2. The van der Waals surface area contributed by atoms with Gasteiger partial charge in [0.15, 0.2) is 6.29 Å². The van der Waals surface area contributed by atoms with Gasteiger partial charge in [-0.25, -0.2) is 4.79 Å². The van der Waals surface area contributed by atoms with E-state index in [4.69, 9.17) is 21.1 Å². The van der Waals surface area contributed by atoms with Crippen LogP contribution in [0.15, 0.2) is 97.1 Å². The number of halogens is 1. The number of nitrogens with zero attached hydrogens (tertiary/aromatic N) is 1. The summed E-state index contributed by atoms with van der Waals surface area (Å²) in [6.07, 6.45) is 1.12. The van der Waals surface area contributed by atoms with Crippen molar-refractivity contribution in [2.24, 2.45) is 0 Å². The Morgan fingerprint density at radius 1 is 0.896 bits per heavy atom. The number of benzene rings is 4. The van der Waals surface area contributed by atoms with E-state index in [1.54, 1.807) is 0 Å². The van der Waals surface area contributed by atoms with Crippen LogP contribution in [-0.2, 0) is 28.2 Å². The molecule has 4 aromatic rings. The Morgan fingerprint density at radius 3 is 2.27 bits per heavy atom. The average molecular weight is 670 g/mol. The Kier molecular flexibility index (Phi) is 11.1. The molecule has 2 heterocycles. The molecule has 2 fully saturated rings. The number of ether oxygens (including phenoxy) is 2. The molecule has 2 aliphatic heterocycles. The molecule has 0 aliphatic carbocycles. The molecule has 0 spiro atoms. The van der Waals surface area contributed by atoms with Crippen molar-refractivity contribution in [2.75, 3.05) is 26.2 Å².